The van der Waals surface area contributed by atoms with E-state index in [4.69, 9.17) is 5.11 Å². The van der Waals surface area contributed by atoms with Gasteiger partial charge in [0.25, 0.3) is 0 Å². The van der Waals surface area contributed by atoms with E-state index in [0.717, 1.165) is 16.6 Å². The molecule has 0 amide bonds. The van der Waals surface area contributed by atoms with Crippen molar-refractivity contribution < 1.29 is 9.90 Å². The van der Waals surface area contributed by atoms with Crippen LogP contribution in [0.1, 0.15) is 5.01 Å². The van der Waals surface area contributed by atoms with Gasteiger partial charge in [-0.3, -0.25) is 4.79 Å². The molecular formula is C12H9N3O2S. The SMILES string of the molecule is O=C(O)Cc1nnc(-c2cc3ccccc3[nH]2)s1. The Bertz CT molecular complexity index is 684. The molecule has 0 unspecified atom stereocenters. The molecule has 2 N–H and O–H groups in total. The molecule has 90 valence electrons. The fraction of sp³-hybridized carbons (Fsp3) is 0.0833. The number of fused-ring (bicyclic) bond motifs is 1. The first-order chi connectivity index (χ1) is 8.72. The summed E-state index contributed by atoms with van der Waals surface area (Å²) in [5.74, 6) is -0.894. The summed E-state index contributed by atoms with van der Waals surface area (Å²) < 4.78 is 0. The van der Waals surface area contributed by atoms with Crippen LogP contribution in [-0.2, 0) is 11.2 Å². The molecule has 0 saturated heterocycles. The maximum absolute atomic E-state index is 10.6. The van der Waals surface area contributed by atoms with Crippen molar-refractivity contribution in [2.45, 2.75) is 6.42 Å². The molecule has 5 nitrogen and oxygen atoms in total. The van der Waals surface area contributed by atoms with E-state index in [1.165, 1.54) is 11.3 Å². The van der Waals surface area contributed by atoms with Crippen molar-refractivity contribution in [1.82, 2.24) is 15.2 Å². The van der Waals surface area contributed by atoms with Gasteiger partial charge in [-0.1, -0.05) is 29.5 Å². The van der Waals surface area contributed by atoms with Gasteiger partial charge < -0.3 is 10.1 Å². The number of carboxylic acid groups (broad SMARTS) is 1. The van der Waals surface area contributed by atoms with Crippen LogP contribution in [0.4, 0.5) is 0 Å². The van der Waals surface area contributed by atoms with Gasteiger partial charge in [-0.05, 0) is 12.1 Å². The number of hydrogen-bond donors (Lipinski definition) is 2. The summed E-state index contributed by atoms with van der Waals surface area (Å²) in [6.07, 6.45) is -0.0854. The van der Waals surface area contributed by atoms with Crippen molar-refractivity contribution >= 4 is 28.2 Å². The Morgan fingerprint density at radius 3 is 2.94 bits per heavy atom. The summed E-state index contributed by atoms with van der Waals surface area (Å²) in [5.41, 5.74) is 1.90. The second kappa shape index (κ2) is 4.23. The molecule has 0 aliphatic carbocycles. The topological polar surface area (TPSA) is 78.9 Å². The zero-order chi connectivity index (χ0) is 12.5. The standard InChI is InChI=1S/C12H9N3O2S/c16-11(17)6-10-14-15-12(18-10)9-5-7-3-1-2-4-8(7)13-9/h1-5,13H,6H2,(H,16,17). The van der Waals surface area contributed by atoms with Crippen molar-refractivity contribution in [1.29, 1.82) is 0 Å². The van der Waals surface area contributed by atoms with Gasteiger partial charge in [-0.25, -0.2) is 0 Å². The lowest BCUT2D eigenvalue weighted by molar-refractivity contribution is -0.136. The first-order valence-electron chi connectivity index (χ1n) is 5.35. The monoisotopic (exact) mass is 259 g/mol. The fourth-order valence-electron chi connectivity index (χ4n) is 1.75. The predicted molar refractivity (Wildman–Crippen MR) is 68.5 cm³/mol. The predicted octanol–water partition coefficient (Wildman–Crippen LogP) is 2.31. The Hall–Kier alpha value is -2.21. The lowest BCUT2D eigenvalue weighted by Gasteiger charge is -1.87. The largest absolute Gasteiger partial charge is 0.481 e. The van der Waals surface area contributed by atoms with Gasteiger partial charge in [0.1, 0.15) is 5.01 Å². The molecule has 0 fully saturated rings. The number of nitrogens with zero attached hydrogens (tertiary/aromatic N) is 2. The van der Waals surface area contributed by atoms with Crippen LogP contribution in [0.15, 0.2) is 30.3 Å². The third-order valence-electron chi connectivity index (χ3n) is 2.53. The molecule has 0 aliphatic rings. The maximum atomic E-state index is 10.6. The second-order valence-corrected chi connectivity index (χ2v) is 4.90. The van der Waals surface area contributed by atoms with Crippen LogP contribution in [0.3, 0.4) is 0 Å². The van der Waals surface area contributed by atoms with Crippen molar-refractivity contribution in [3.05, 3.63) is 35.3 Å². The number of aliphatic carboxylic acids is 1. The van der Waals surface area contributed by atoms with E-state index in [2.05, 4.69) is 15.2 Å². The Kier molecular flexibility index (Phi) is 2.56. The Morgan fingerprint density at radius 1 is 1.33 bits per heavy atom. The van der Waals surface area contributed by atoms with E-state index in [1.54, 1.807) is 0 Å². The molecule has 0 bridgehead atoms. The van der Waals surface area contributed by atoms with E-state index in [0.29, 0.717) is 10.0 Å². The number of benzene rings is 1. The number of hydrogen-bond acceptors (Lipinski definition) is 4. The highest BCUT2D eigenvalue weighted by atomic mass is 32.1. The smallest absolute Gasteiger partial charge is 0.310 e. The van der Waals surface area contributed by atoms with E-state index in [1.807, 2.05) is 30.3 Å². The second-order valence-electron chi connectivity index (χ2n) is 3.84. The number of carbonyl (C=O) groups is 1. The van der Waals surface area contributed by atoms with Crippen LogP contribution in [0.5, 0.6) is 0 Å². The zero-order valence-corrected chi connectivity index (χ0v) is 10.1. The van der Waals surface area contributed by atoms with E-state index in [-0.39, 0.29) is 6.42 Å². The lowest BCUT2D eigenvalue weighted by atomic mass is 10.2. The first kappa shape index (κ1) is 10.9. The minimum Gasteiger partial charge on any atom is -0.481 e. The Balaban J connectivity index is 1.98. The first-order valence-corrected chi connectivity index (χ1v) is 6.16. The number of aromatic amines is 1. The van der Waals surface area contributed by atoms with Gasteiger partial charge in [0.2, 0.25) is 0 Å². The van der Waals surface area contributed by atoms with Crippen LogP contribution in [0.2, 0.25) is 0 Å². The van der Waals surface area contributed by atoms with Gasteiger partial charge in [0.05, 0.1) is 12.1 Å². The summed E-state index contributed by atoms with van der Waals surface area (Å²) in [7, 11) is 0. The molecular weight excluding hydrogens is 250 g/mol. The van der Waals surface area contributed by atoms with E-state index in [9.17, 15) is 4.79 Å². The molecule has 2 heterocycles. The summed E-state index contributed by atoms with van der Waals surface area (Å²) >= 11 is 1.30. The van der Waals surface area contributed by atoms with Crippen LogP contribution in [0, 0.1) is 0 Å². The average molecular weight is 259 g/mol. The number of H-pyrrole nitrogens is 1. The zero-order valence-electron chi connectivity index (χ0n) is 9.25. The summed E-state index contributed by atoms with van der Waals surface area (Å²) in [5, 5.41) is 18.9. The van der Waals surface area contributed by atoms with Crippen molar-refractivity contribution in [2.24, 2.45) is 0 Å². The van der Waals surface area contributed by atoms with Crippen molar-refractivity contribution in [3.63, 3.8) is 0 Å². The van der Waals surface area contributed by atoms with Gasteiger partial charge in [-0.15, -0.1) is 10.2 Å². The maximum Gasteiger partial charge on any atom is 0.310 e. The average Bonchev–Trinajstić information content (AvgIpc) is 2.93. The van der Waals surface area contributed by atoms with Gasteiger partial charge in [-0.2, -0.15) is 0 Å². The van der Waals surface area contributed by atoms with Crippen LogP contribution in [-0.4, -0.2) is 26.3 Å². The molecule has 0 atom stereocenters. The molecule has 6 heteroatoms. The minimum atomic E-state index is -0.894. The van der Waals surface area contributed by atoms with Gasteiger partial charge in [0.15, 0.2) is 5.01 Å². The number of carboxylic acids is 1. The molecule has 18 heavy (non-hydrogen) atoms. The summed E-state index contributed by atoms with van der Waals surface area (Å²) in [6.45, 7) is 0. The number of rotatable bonds is 3. The Morgan fingerprint density at radius 2 is 2.17 bits per heavy atom. The highest BCUT2D eigenvalue weighted by Crippen LogP contribution is 2.26. The molecule has 1 aromatic carbocycles. The summed E-state index contributed by atoms with van der Waals surface area (Å²) in [6, 6.07) is 9.90. The number of para-hydroxylation sites is 1. The Labute approximate surface area is 106 Å². The number of aromatic nitrogens is 3. The molecule has 0 spiro atoms. The van der Waals surface area contributed by atoms with E-state index >= 15 is 0 Å². The lowest BCUT2D eigenvalue weighted by Crippen LogP contribution is -1.98. The van der Waals surface area contributed by atoms with Gasteiger partial charge >= 0.3 is 5.97 Å². The molecule has 0 aliphatic heterocycles. The normalized spacial score (nSPS) is 10.9. The third-order valence-corrected chi connectivity index (χ3v) is 3.49. The molecule has 2 aromatic heterocycles. The highest BCUT2D eigenvalue weighted by molar-refractivity contribution is 7.14. The van der Waals surface area contributed by atoms with Crippen molar-refractivity contribution in [3.8, 4) is 10.7 Å². The van der Waals surface area contributed by atoms with E-state index < -0.39 is 5.97 Å². The quantitative estimate of drug-likeness (QED) is 0.756. The molecule has 0 saturated carbocycles. The third kappa shape index (κ3) is 1.98. The minimum absolute atomic E-state index is 0.0854. The highest BCUT2D eigenvalue weighted by Gasteiger charge is 2.11. The van der Waals surface area contributed by atoms with Crippen LogP contribution >= 0.6 is 11.3 Å². The van der Waals surface area contributed by atoms with Crippen LogP contribution < -0.4 is 0 Å². The molecule has 3 rings (SSSR count). The molecule has 3 aromatic rings. The summed E-state index contributed by atoms with van der Waals surface area (Å²) in [4.78, 5) is 13.8. The van der Waals surface area contributed by atoms with Crippen molar-refractivity contribution in [2.75, 3.05) is 0 Å². The van der Waals surface area contributed by atoms with Gasteiger partial charge in [0, 0.05) is 10.9 Å². The fourth-order valence-corrected chi connectivity index (χ4v) is 2.55. The molecule has 0 radical (unpaired) electrons. The van der Waals surface area contributed by atoms with Crippen LogP contribution in [0.25, 0.3) is 21.6 Å². The number of nitrogens with one attached hydrogen (secondary N) is 1.